The zero-order valence-corrected chi connectivity index (χ0v) is 10.6. The lowest BCUT2D eigenvalue weighted by Gasteiger charge is -2.22. The molecule has 0 aliphatic carbocycles. The van der Waals surface area contributed by atoms with Crippen LogP contribution in [0.4, 0.5) is 5.82 Å². The SMILES string of the molecule is CCN1CCC[C@@H]1CNC(=O)c1nccnc1N. The average Bonchev–Trinajstić information content (AvgIpc) is 2.84. The van der Waals surface area contributed by atoms with Crippen LogP contribution in [-0.2, 0) is 0 Å². The molecule has 1 saturated heterocycles. The molecule has 0 aromatic carbocycles. The molecule has 2 heterocycles. The van der Waals surface area contributed by atoms with Gasteiger partial charge < -0.3 is 11.1 Å². The Balaban J connectivity index is 1.91. The summed E-state index contributed by atoms with van der Waals surface area (Å²) in [6.07, 6.45) is 5.27. The lowest BCUT2D eigenvalue weighted by molar-refractivity contribution is 0.0937. The molecule has 6 heteroatoms. The quantitative estimate of drug-likeness (QED) is 0.800. The Labute approximate surface area is 107 Å². The van der Waals surface area contributed by atoms with Gasteiger partial charge in [0.15, 0.2) is 11.5 Å². The van der Waals surface area contributed by atoms with Gasteiger partial charge in [-0.3, -0.25) is 9.69 Å². The van der Waals surface area contributed by atoms with Crippen LogP contribution in [0.25, 0.3) is 0 Å². The lowest BCUT2D eigenvalue weighted by Crippen LogP contribution is -2.40. The fourth-order valence-electron chi connectivity index (χ4n) is 2.36. The van der Waals surface area contributed by atoms with E-state index in [0.29, 0.717) is 12.6 Å². The monoisotopic (exact) mass is 249 g/mol. The van der Waals surface area contributed by atoms with Gasteiger partial charge in [0.2, 0.25) is 0 Å². The third-order valence-electron chi connectivity index (χ3n) is 3.35. The third kappa shape index (κ3) is 2.76. The Morgan fingerprint density at radius 3 is 3.06 bits per heavy atom. The fraction of sp³-hybridized carbons (Fsp3) is 0.583. The molecule has 1 aliphatic heterocycles. The number of nitrogens with one attached hydrogen (secondary N) is 1. The van der Waals surface area contributed by atoms with Gasteiger partial charge in [0.05, 0.1) is 0 Å². The Kier molecular flexibility index (Phi) is 4.09. The predicted octanol–water partition coefficient (Wildman–Crippen LogP) is 0.273. The number of nitrogens with two attached hydrogens (primary N) is 1. The minimum absolute atomic E-state index is 0.175. The Bertz CT molecular complexity index is 423. The van der Waals surface area contributed by atoms with E-state index in [4.69, 9.17) is 5.73 Å². The first-order valence-electron chi connectivity index (χ1n) is 6.31. The molecule has 1 aromatic heterocycles. The number of amides is 1. The van der Waals surface area contributed by atoms with Gasteiger partial charge in [0, 0.05) is 25.0 Å². The molecule has 1 aromatic rings. The molecule has 0 radical (unpaired) electrons. The molecule has 0 saturated carbocycles. The molecule has 2 rings (SSSR count). The van der Waals surface area contributed by atoms with E-state index in [1.54, 1.807) is 0 Å². The van der Waals surface area contributed by atoms with Gasteiger partial charge in [0.1, 0.15) is 0 Å². The summed E-state index contributed by atoms with van der Waals surface area (Å²) in [5.74, 6) is -0.0719. The van der Waals surface area contributed by atoms with Gasteiger partial charge in [-0.1, -0.05) is 6.92 Å². The summed E-state index contributed by atoms with van der Waals surface area (Å²) >= 11 is 0. The fourth-order valence-corrected chi connectivity index (χ4v) is 2.36. The Morgan fingerprint density at radius 1 is 1.56 bits per heavy atom. The lowest BCUT2D eigenvalue weighted by atomic mass is 10.2. The zero-order chi connectivity index (χ0) is 13.0. The van der Waals surface area contributed by atoms with Crippen molar-refractivity contribution in [1.82, 2.24) is 20.2 Å². The van der Waals surface area contributed by atoms with Crippen LogP contribution in [-0.4, -0.2) is 46.5 Å². The molecule has 0 spiro atoms. The maximum Gasteiger partial charge on any atom is 0.273 e. The summed E-state index contributed by atoms with van der Waals surface area (Å²) in [7, 11) is 0. The van der Waals surface area contributed by atoms with Crippen LogP contribution in [0.1, 0.15) is 30.3 Å². The second kappa shape index (κ2) is 5.77. The zero-order valence-electron chi connectivity index (χ0n) is 10.6. The minimum Gasteiger partial charge on any atom is -0.382 e. The van der Waals surface area contributed by atoms with Crippen LogP contribution in [0, 0.1) is 0 Å². The van der Waals surface area contributed by atoms with Crippen LogP contribution in [0.3, 0.4) is 0 Å². The van der Waals surface area contributed by atoms with Crippen LogP contribution in [0.2, 0.25) is 0 Å². The van der Waals surface area contributed by atoms with Crippen molar-refractivity contribution in [2.24, 2.45) is 0 Å². The summed E-state index contributed by atoms with van der Waals surface area (Å²) in [6, 6.07) is 0.428. The number of hydrogen-bond acceptors (Lipinski definition) is 5. The molecule has 1 fully saturated rings. The summed E-state index contributed by atoms with van der Waals surface area (Å²) in [5.41, 5.74) is 5.82. The standard InChI is InChI=1S/C12H19N5O/c1-2-17-7-3-4-9(17)8-16-12(18)10-11(13)15-6-5-14-10/h5-6,9H,2-4,7-8H2,1H3,(H2,13,15)(H,16,18)/t9-/m1/s1. The molecule has 6 nitrogen and oxygen atoms in total. The third-order valence-corrected chi connectivity index (χ3v) is 3.35. The maximum atomic E-state index is 11.9. The van der Waals surface area contributed by atoms with Crippen LogP contribution >= 0.6 is 0 Å². The van der Waals surface area contributed by atoms with Crippen molar-refractivity contribution in [3.05, 3.63) is 18.1 Å². The van der Waals surface area contributed by atoms with Gasteiger partial charge >= 0.3 is 0 Å². The number of carbonyl (C=O) groups excluding carboxylic acids is 1. The number of nitrogen functional groups attached to an aromatic ring is 1. The van der Waals surface area contributed by atoms with Crippen molar-refractivity contribution < 1.29 is 4.79 Å². The second-order valence-electron chi connectivity index (χ2n) is 4.42. The molecule has 0 unspecified atom stereocenters. The van der Waals surface area contributed by atoms with E-state index in [0.717, 1.165) is 19.5 Å². The highest BCUT2D eigenvalue weighted by Crippen LogP contribution is 2.15. The average molecular weight is 249 g/mol. The summed E-state index contributed by atoms with van der Waals surface area (Å²) < 4.78 is 0. The van der Waals surface area contributed by atoms with Crippen LogP contribution < -0.4 is 11.1 Å². The van der Waals surface area contributed by atoms with Crippen molar-refractivity contribution in [2.45, 2.75) is 25.8 Å². The highest BCUT2D eigenvalue weighted by Gasteiger charge is 2.23. The normalized spacial score (nSPS) is 19.9. The number of nitrogens with zero attached hydrogens (tertiary/aromatic N) is 3. The molecule has 0 bridgehead atoms. The largest absolute Gasteiger partial charge is 0.382 e. The number of carbonyl (C=O) groups is 1. The molecule has 1 amide bonds. The molecule has 98 valence electrons. The molecule has 18 heavy (non-hydrogen) atoms. The van der Waals surface area contributed by atoms with Crippen molar-refractivity contribution in [2.75, 3.05) is 25.4 Å². The van der Waals surface area contributed by atoms with Gasteiger partial charge in [-0.2, -0.15) is 0 Å². The van der Waals surface area contributed by atoms with E-state index in [9.17, 15) is 4.79 Å². The number of hydrogen-bond donors (Lipinski definition) is 2. The van der Waals surface area contributed by atoms with Crippen molar-refractivity contribution in [3.63, 3.8) is 0 Å². The van der Waals surface area contributed by atoms with Crippen LogP contribution in [0.15, 0.2) is 12.4 Å². The second-order valence-corrected chi connectivity index (χ2v) is 4.42. The maximum absolute atomic E-state index is 11.9. The molecule has 1 aliphatic rings. The van der Waals surface area contributed by atoms with Gasteiger partial charge in [-0.15, -0.1) is 0 Å². The summed E-state index contributed by atoms with van der Waals surface area (Å²) in [5, 5.41) is 2.88. The molecular weight excluding hydrogens is 230 g/mol. The minimum atomic E-state index is -0.247. The number of likely N-dealkylation sites (N-methyl/N-ethyl adjacent to an activating group) is 1. The van der Waals surface area contributed by atoms with E-state index >= 15 is 0 Å². The Hall–Kier alpha value is -1.69. The van der Waals surface area contributed by atoms with Crippen molar-refractivity contribution >= 4 is 11.7 Å². The van der Waals surface area contributed by atoms with E-state index in [-0.39, 0.29) is 17.4 Å². The topological polar surface area (TPSA) is 84.1 Å². The van der Waals surface area contributed by atoms with Gasteiger partial charge in [-0.25, -0.2) is 9.97 Å². The number of likely N-dealkylation sites (tertiary alicyclic amines) is 1. The van der Waals surface area contributed by atoms with Crippen LogP contribution in [0.5, 0.6) is 0 Å². The summed E-state index contributed by atoms with van der Waals surface area (Å²) in [6.45, 7) is 4.92. The highest BCUT2D eigenvalue weighted by atomic mass is 16.1. The predicted molar refractivity (Wildman–Crippen MR) is 69.0 cm³/mol. The van der Waals surface area contributed by atoms with E-state index in [1.165, 1.54) is 18.8 Å². The van der Waals surface area contributed by atoms with Crippen molar-refractivity contribution in [1.29, 1.82) is 0 Å². The molecular formula is C12H19N5O. The molecule has 1 atom stereocenters. The van der Waals surface area contributed by atoms with E-state index in [2.05, 4.69) is 27.1 Å². The number of aromatic nitrogens is 2. The number of rotatable bonds is 4. The van der Waals surface area contributed by atoms with Gasteiger partial charge in [0.25, 0.3) is 5.91 Å². The first-order valence-corrected chi connectivity index (χ1v) is 6.31. The summed E-state index contributed by atoms with van der Waals surface area (Å²) in [4.78, 5) is 22.1. The smallest absolute Gasteiger partial charge is 0.273 e. The first kappa shape index (κ1) is 12.8. The van der Waals surface area contributed by atoms with Crippen molar-refractivity contribution in [3.8, 4) is 0 Å². The number of anilines is 1. The Morgan fingerprint density at radius 2 is 2.33 bits per heavy atom. The highest BCUT2D eigenvalue weighted by molar-refractivity contribution is 5.96. The van der Waals surface area contributed by atoms with E-state index < -0.39 is 0 Å². The molecule has 3 N–H and O–H groups in total. The first-order chi connectivity index (χ1) is 8.72. The van der Waals surface area contributed by atoms with E-state index in [1.807, 2.05) is 0 Å². The van der Waals surface area contributed by atoms with Gasteiger partial charge in [-0.05, 0) is 25.9 Å².